The Bertz CT molecular complexity index is 870. The molecule has 0 aromatic heterocycles. The molecule has 5 heteroatoms. The molecule has 1 fully saturated rings. The molecule has 2 amide bonds. The summed E-state index contributed by atoms with van der Waals surface area (Å²) in [4.78, 5) is 26.6. The highest BCUT2D eigenvalue weighted by atomic mass is 16.5. The molecule has 5 nitrogen and oxygen atoms in total. The van der Waals surface area contributed by atoms with E-state index in [1.807, 2.05) is 49.4 Å². The summed E-state index contributed by atoms with van der Waals surface area (Å²) < 4.78 is 5.56. The van der Waals surface area contributed by atoms with E-state index in [2.05, 4.69) is 5.32 Å². The zero-order valence-electron chi connectivity index (χ0n) is 16.2. The van der Waals surface area contributed by atoms with Crippen LogP contribution in [0.4, 0.5) is 5.69 Å². The highest BCUT2D eigenvalue weighted by Crippen LogP contribution is 2.33. The monoisotopic (exact) mass is 378 g/mol. The number of hydrogen-bond donors (Lipinski definition) is 1. The van der Waals surface area contributed by atoms with Crippen LogP contribution in [0.5, 0.6) is 5.75 Å². The Labute approximate surface area is 165 Å². The van der Waals surface area contributed by atoms with Crippen LogP contribution in [0, 0.1) is 6.92 Å². The van der Waals surface area contributed by atoms with Crippen LogP contribution in [0.15, 0.2) is 42.5 Å². The van der Waals surface area contributed by atoms with Gasteiger partial charge in [-0.25, -0.2) is 0 Å². The summed E-state index contributed by atoms with van der Waals surface area (Å²) in [5.41, 5.74) is 3.54. The quantitative estimate of drug-likeness (QED) is 0.875. The van der Waals surface area contributed by atoms with Crippen molar-refractivity contribution in [2.24, 2.45) is 0 Å². The van der Waals surface area contributed by atoms with Crippen molar-refractivity contribution in [2.45, 2.75) is 51.6 Å². The van der Waals surface area contributed by atoms with Gasteiger partial charge in [-0.3, -0.25) is 9.59 Å². The van der Waals surface area contributed by atoms with Crippen molar-refractivity contribution in [3.8, 4) is 5.75 Å². The van der Waals surface area contributed by atoms with Crippen molar-refractivity contribution in [3.05, 3.63) is 59.2 Å². The molecule has 28 heavy (non-hydrogen) atoms. The maximum absolute atomic E-state index is 12.5. The normalized spacial score (nSPS) is 17.0. The number of nitrogens with zero attached hydrogens (tertiary/aromatic N) is 1. The zero-order chi connectivity index (χ0) is 19.5. The zero-order valence-corrected chi connectivity index (χ0v) is 16.2. The minimum Gasteiger partial charge on any atom is -0.482 e. The molecule has 0 saturated heterocycles. The number of ether oxygens (including phenoxy) is 1. The second kappa shape index (κ2) is 8.05. The Hall–Kier alpha value is -2.82. The van der Waals surface area contributed by atoms with Gasteiger partial charge in [0.2, 0.25) is 0 Å². The highest BCUT2D eigenvalue weighted by Gasteiger charge is 2.25. The summed E-state index contributed by atoms with van der Waals surface area (Å²) in [7, 11) is 0. The van der Waals surface area contributed by atoms with Crippen molar-refractivity contribution >= 4 is 17.5 Å². The number of amides is 2. The van der Waals surface area contributed by atoms with Crippen molar-refractivity contribution in [1.29, 1.82) is 0 Å². The highest BCUT2D eigenvalue weighted by molar-refractivity contribution is 5.98. The standard InChI is InChI=1S/C23H26N2O3/c1-16-7-12-20-21(13-16)28-15-22(26)25(20)14-17-8-10-18(11-9-17)23(27)24-19-5-3-2-4-6-19/h7-13,19H,2-6,14-15H2,1H3,(H,24,27). The van der Waals surface area contributed by atoms with E-state index >= 15 is 0 Å². The van der Waals surface area contributed by atoms with Gasteiger partial charge in [0, 0.05) is 11.6 Å². The molecular formula is C23H26N2O3. The van der Waals surface area contributed by atoms with Crippen LogP contribution in [0.25, 0.3) is 0 Å². The third-order valence-corrected chi connectivity index (χ3v) is 5.56. The van der Waals surface area contributed by atoms with Crippen LogP contribution >= 0.6 is 0 Å². The summed E-state index contributed by atoms with van der Waals surface area (Å²) >= 11 is 0. The van der Waals surface area contributed by atoms with Gasteiger partial charge in [0.05, 0.1) is 12.2 Å². The summed E-state index contributed by atoms with van der Waals surface area (Å²) in [6.07, 6.45) is 5.80. The number of fused-ring (bicyclic) bond motifs is 1. The number of hydrogen-bond acceptors (Lipinski definition) is 3. The molecule has 4 rings (SSSR count). The number of carbonyl (C=O) groups is 2. The molecule has 1 N–H and O–H groups in total. The molecule has 1 heterocycles. The fourth-order valence-corrected chi connectivity index (χ4v) is 3.94. The van der Waals surface area contributed by atoms with Gasteiger partial charge in [-0.15, -0.1) is 0 Å². The van der Waals surface area contributed by atoms with Crippen molar-refractivity contribution in [3.63, 3.8) is 0 Å². The van der Waals surface area contributed by atoms with Gasteiger partial charge in [0.1, 0.15) is 5.75 Å². The van der Waals surface area contributed by atoms with Gasteiger partial charge < -0.3 is 15.0 Å². The third kappa shape index (κ3) is 4.03. The van der Waals surface area contributed by atoms with E-state index in [9.17, 15) is 9.59 Å². The Balaban J connectivity index is 1.44. The van der Waals surface area contributed by atoms with Gasteiger partial charge in [0.25, 0.3) is 11.8 Å². The van der Waals surface area contributed by atoms with Gasteiger partial charge in [-0.1, -0.05) is 37.5 Å². The molecule has 1 aliphatic carbocycles. The number of rotatable bonds is 4. The number of aryl methyl sites for hydroxylation is 1. The van der Waals surface area contributed by atoms with E-state index < -0.39 is 0 Å². The molecule has 0 bridgehead atoms. The molecular weight excluding hydrogens is 352 g/mol. The lowest BCUT2D eigenvalue weighted by atomic mass is 9.95. The summed E-state index contributed by atoms with van der Waals surface area (Å²) in [5.74, 6) is 0.667. The number of anilines is 1. The first kappa shape index (κ1) is 18.5. The second-order valence-electron chi connectivity index (χ2n) is 7.75. The predicted octanol–water partition coefficient (Wildman–Crippen LogP) is 3.98. The first-order valence-corrected chi connectivity index (χ1v) is 10.0. The SMILES string of the molecule is Cc1ccc2c(c1)OCC(=O)N2Cc1ccc(C(=O)NC2CCCCC2)cc1. The molecule has 2 aromatic carbocycles. The van der Waals surface area contributed by atoms with Crippen LogP contribution in [-0.2, 0) is 11.3 Å². The molecule has 0 unspecified atom stereocenters. The van der Waals surface area contributed by atoms with Crippen LogP contribution < -0.4 is 15.0 Å². The maximum Gasteiger partial charge on any atom is 0.265 e. The molecule has 0 radical (unpaired) electrons. The van der Waals surface area contributed by atoms with E-state index in [4.69, 9.17) is 4.74 Å². The molecule has 1 saturated carbocycles. The van der Waals surface area contributed by atoms with Gasteiger partial charge >= 0.3 is 0 Å². The Morgan fingerprint density at radius 1 is 1.11 bits per heavy atom. The topological polar surface area (TPSA) is 58.6 Å². The fraction of sp³-hybridized carbons (Fsp3) is 0.391. The minimum atomic E-state index is -0.0597. The van der Waals surface area contributed by atoms with Gasteiger partial charge in [-0.05, 0) is 55.2 Å². The van der Waals surface area contributed by atoms with Gasteiger partial charge in [-0.2, -0.15) is 0 Å². The third-order valence-electron chi connectivity index (χ3n) is 5.56. The number of carbonyl (C=O) groups excluding carboxylic acids is 2. The summed E-state index contributed by atoms with van der Waals surface area (Å²) in [6.45, 7) is 2.52. The molecule has 0 atom stereocenters. The lowest BCUT2D eigenvalue weighted by Gasteiger charge is -2.29. The Morgan fingerprint density at radius 2 is 1.86 bits per heavy atom. The largest absolute Gasteiger partial charge is 0.482 e. The van der Waals surface area contributed by atoms with Crippen LogP contribution in [0.1, 0.15) is 53.6 Å². The molecule has 146 valence electrons. The smallest absolute Gasteiger partial charge is 0.265 e. The van der Waals surface area contributed by atoms with E-state index in [1.165, 1.54) is 19.3 Å². The van der Waals surface area contributed by atoms with Crippen LogP contribution in [-0.4, -0.2) is 24.5 Å². The van der Waals surface area contributed by atoms with E-state index in [0.717, 1.165) is 35.4 Å². The van der Waals surface area contributed by atoms with Crippen molar-refractivity contribution in [2.75, 3.05) is 11.5 Å². The first-order chi connectivity index (χ1) is 13.6. The average molecular weight is 378 g/mol. The minimum absolute atomic E-state index is 0.0123. The van der Waals surface area contributed by atoms with Gasteiger partial charge in [0.15, 0.2) is 6.61 Å². The molecule has 2 aliphatic rings. The lowest BCUT2D eigenvalue weighted by Crippen LogP contribution is -2.38. The van der Waals surface area contributed by atoms with E-state index in [1.54, 1.807) is 4.90 Å². The Kier molecular flexibility index (Phi) is 5.33. The lowest BCUT2D eigenvalue weighted by molar-refractivity contribution is -0.121. The van der Waals surface area contributed by atoms with Crippen LogP contribution in [0.3, 0.4) is 0 Å². The molecule has 0 spiro atoms. The summed E-state index contributed by atoms with van der Waals surface area (Å²) in [5, 5.41) is 3.14. The van der Waals surface area contributed by atoms with E-state index in [0.29, 0.717) is 18.2 Å². The number of nitrogens with one attached hydrogen (secondary N) is 1. The second-order valence-corrected chi connectivity index (χ2v) is 7.75. The molecule has 2 aromatic rings. The van der Waals surface area contributed by atoms with Crippen molar-refractivity contribution < 1.29 is 14.3 Å². The van der Waals surface area contributed by atoms with Crippen LogP contribution in [0.2, 0.25) is 0 Å². The van der Waals surface area contributed by atoms with E-state index in [-0.39, 0.29) is 18.4 Å². The molecule has 1 aliphatic heterocycles. The predicted molar refractivity (Wildman–Crippen MR) is 109 cm³/mol. The first-order valence-electron chi connectivity index (χ1n) is 10.0. The van der Waals surface area contributed by atoms with Crippen molar-refractivity contribution in [1.82, 2.24) is 5.32 Å². The fourth-order valence-electron chi connectivity index (χ4n) is 3.94. The summed E-state index contributed by atoms with van der Waals surface area (Å²) in [6, 6.07) is 13.7. The number of benzene rings is 2. The maximum atomic E-state index is 12.5. The average Bonchev–Trinajstić information content (AvgIpc) is 2.71. The Morgan fingerprint density at radius 3 is 2.61 bits per heavy atom.